The second-order valence-electron chi connectivity index (χ2n) is 6.92. The van der Waals surface area contributed by atoms with E-state index in [2.05, 4.69) is 15.2 Å². The number of aliphatic imine (C=N–C) groups is 1. The summed E-state index contributed by atoms with van der Waals surface area (Å²) in [6, 6.07) is 15.5. The fraction of sp³-hybridized carbons (Fsp3) is 0.409. The summed E-state index contributed by atoms with van der Waals surface area (Å²) in [6.07, 6.45) is 1.03. The van der Waals surface area contributed by atoms with Crippen molar-refractivity contribution in [1.82, 2.24) is 10.2 Å². The van der Waals surface area contributed by atoms with E-state index in [1.54, 1.807) is 0 Å². The topological polar surface area (TPSA) is 72.1 Å². The van der Waals surface area contributed by atoms with Gasteiger partial charge in [-0.2, -0.15) is 0 Å². The van der Waals surface area contributed by atoms with Gasteiger partial charge in [-0.15, -0.1) is 0 Å². The minimum Gasteiger partial charge on any atom is -0.487 e. The van der Waals surface area contributed by atoms with Crippen molar-refractivity contribution in [2.24, 2.45) is 10.7 Å². The van der Waals surface area contributed by atoms with Crippen LogP contribution in [-0.4, -0.2) is 50.3 Å². The normalized spacial score (nSPS) is 15.3. The minimum atomic E-state index is 0.433. The van der Waals surface area contributed by atoms with E-state index in [4.69, 9.17) is 26.8 Å². The summed E-state index contributed by atoms with van der Waals surface area (Å²) in [5.74, 6) is 1.14. The Balaban J connectivity index is 1.44. The second kappa shape index (κ2) is 11.7. The molecule has 2 aromatic carbocycles. The zero-order valence-electron chi connectivity index (χ0n) is 16.6. The number of para-hydroxylation sites is 1. The Hall–Kier alpha value is -2.28. The fourth-order valence-electron chi connectivity index (χ4n) is 3.14. The molecule has 0 spiro atoms. The summed E-state index contributed by atoms with van der Waals surface area (Å²) in [4.78, 5) is 6.89. The lowest BCUT2D eigenvalue weighted by molar-refractivity contribution is 0.0376. The molecule has 3 N–H and O–H groups in total. The summed E-state index contributed by atoms with van der Waals surface area (Å²) in [6.45, 7) is 6.48. The number of ether oxygens (including phenoxy) is 2. The van der Waals surface area contributed by atoms with Crippen LogP contribution in [0.3, 0.4) is 0 Å². The van der Waals surface area contributed by atoms with E-state index in [1.807, 2.05) is 48.5 Å². The summed E-state index contributed by atoms with van der Waals surface area (Å²) in [7, 11) is 0. The van der Waals surface area contributed by atoms with Gasteiger partial charge in [0.15, 0.2) is 5.96 Å². The van der Waals surface area contributed by atoms with Crippen molar-refractivity contribution in [3.8, 4) is 5.75 Å². The highest BCUT2D eigenvalue weighted by Crippen LogP contribution is 2.24. The Morgan fingerprint density at radius 3 is 2.62 bits per heavy atom. The van der Waals surface area contributed by atoms with Crippen LogP contribution in [0.4, 0.5) is 0 Å². The van der Waals surface area contributed by atoms with Gasteiger partial charge in [-0.3, -0.25) is 4.90 Å². The van der Waals surface area contributed by atoms with Gasteiger partial charge in [0.25, 0.3) is 0 Å². The Kier molecular flexibility index (Phi) is 8.61. The van der Waals surface area contributed by atoms with Gasteiger partial charge >= 0.3 is 0 Å². The van der Waals surface area contributed by atoms with Crippen molar-refractivity contribution in [2.45, 2.75) is 19.6 Å². The fourth-order valence-corrected chi connectivity index (χ4v) is 3.33. The van der Waals surface area contributed by atoms with Gasteiger partial charge in [-0.25, -0.2) is 4.99 Å². The van der Waals surface area contributed by atoms with Crippen LogP contribution in [0.25, 0.3) is 0 Å². The Morgan fingerprint density at radius 1 is 1.10 bits per heavy atom. The third kappa shape index (κ3) is 7.24. The lowest BCUT2D eigenvalue weighted by Gasteiger charge is -2.26. The molecule has 0 aromatic heterocycles. The van der Waals surface area contributed by atoms with Gasteiger partial charge in [-0.1, -0.05) is 48.0 Å². The first-order valence-corrected chi connectivity index (χ1v) is 10.4. The molecule has 1 saturated heterocycles. The number of halogens is 1. The van der Waals surface area contributed by atoms with Crippen molar-refractivity contribution in [3.05, 3.63) is 64.7 Å². The largest absolute Gasteiger partial charge is 0.487 e. The molecule has 0 unspecified atom stereocenters. The molecule has 29 heavy (non-hydrogen) atoms. The molecule has 7 heteroatoms. The molecule has 1 aliphatic heterocycles. The molecule has 1 fully saturated rings. The average molecular weight is 417 g/mol. The predicted molar refractivity (Wildman–Crippen MR) is 117 cm³/mol. The first-order chi connectivity index (χ1) is 14.2. The molecule has 0 saturated carbocycles. The average Bonchev–Trinajstić information content (AvgIpc) is 2.76. The molecular weight excluding hydrogens is 388 g/mol. The maximum atomic E-state index is 6.16. The van der Waals surface area contributed by atoms with Gasteiger partial charge in [-0.05, 0) is 36.2 Å². The van der Waals surface area contributed by atoms with E-state index >= 15 is 0 Å². The van der Waals surface area contributed by atoms with Crippen molar-refractivity contribution in [2.75, 3.05) is 39.4 Å². The molecule has 0 atom stereocenters. The monoisotopic (exact) mass is 416 g/mol. The first-order valence-electron chi connectivity index (χ1n) is 10.0. The zero-order valence-corrected chi connectivity index (χ0v) is 17.4. The van der Waals surface area contributed by atoms with E-state index in [1.165, 1.54) is 0 Å². The molecule has 1 heterocycles. The van der Waals surface area contributed by atoms with Crippen molar-refractivity contribution < 1.29 is 9.47 Å². The molecule has 2 aromatic rings. The molecule has 3 rings (SSSR count). The molecular formula is C22H29ClN4O2. The Bertz CT molecular complexity index is 794. The van der Waals surface area contributed by atoms with Gasteiger partial charge < -0.3 is 20.5 Å². The molecule has 156 valence electrons. The molecule has 0 aliphatic carbocycles. The van der Waals surface area contributed by atoms with Crippen LogP contribution in [0.1, 0.15) is 17.5 Å². The summed E-state index contributed by atoms with van der Waals surface area (Å²) in [5.41, 5.74) is 8.18. The molecule has 6 nitrogen and oxygen atoms in total. The lowest BCUT2D eigenvalue weighted by atomic mass is 10.1. The number of hydrogen-bond donors (Lipinski definition) is 2. The van der Waals surface area contributed by atoms with Crippen LogP contribution in [0.5, 0.6) is 5.75 Å². The Labute approximate surface area is 177 Å². The standard InChI is InChI=1S/C22H29ClN4O2/c23-20-8-3-4-9-21(20)29-17-19-7-2-1-6-18(19)16-26-22(24)25-10-5-11-27-12-14-28-15-13-27/h1-4,6-9H,5,10-17H2,(H3,24,25,26). The maximum absolute atomic E-state index is 6.16. The van der Waals surface area contributed by atoms with Crippen LogP contribution in [0, 0.1) is 0 Å². The van der Waals surface area contributed by atoms with Crippen LogP contribution >= 0.6 is 11.6 Å². The van der Waals surface area contributed by atoms with Crippen LogP contribution < -0.4 is 15.8 Å². The van der Waals surface area contributed by atoms with E-state index in [-0.39, 0.29) is 0 Å². The van der Waals surface area contributed by atoms with Crippen LogP contribution in [-0.2, 0) is 17.9 Å². The van der Waals surface area contributed by atoms with E-state index in [9.17, 15) is 0 Å². The number of benzene rings is 2. The lowest BCUT2D eigenvalue weighted by Crippen LogP contribution is -2.39. The molecule has 1 aliphatic rings. The Morgan fingerprint density at radius 2 is 1.83 bits per heavy atom. The zero-order chi connectivity index (χ0) is 20.3. The van der Waals surface area contributed by atoms with E-state index < -0.39 is 0 Å². The third-order valence-corrected chi connectivity index (χ3v) is 5.13. The minimum absolute atomic E-state index is 0.433. The van der Waals surface area contributed by atoms with Crippen LogP contribution in [0.15, 0.2) is 53.5 Å². The number of hydrogen-bond acceptors (Lipinski definition) is 4. The number of nitrogens with two attached hydrogens (primary N) is 1. The second-order valence-corrected chi connectivity index (χ2v) is 7.33. The number of nitrogens with zero attached hydrogens (tertiary/aromatic N) is 2. The number of nitrogens with one attached hydrogen (secondary N) is 1. The van der Waals surface area contributed by atoms with E-state index in [0.717, 1.165) is 56.9 Å². The first kappa shape index (κ1) is 21.4. The summed E-state index contributed by atoms with van der Waals surface area (Å²) >= 11 is 6.16. The molecule has 0 bridgehead atoms. The predicted octanol–water partition coefficient (Wildman–Crippen LogP) is 3.05. The van der Waals surface area contributed by atoms with Gasteiger partial charge in [0.1, 0.15) is 12.4 Å². The van der Waals surface area contributed by atoms with Crippen molar-refractivity contribution in [1.29, 1.82) is 0 Å². The summed E-state index contributed by atoms with van der Waals surface area (Å²) in [5, 5.41) is 3.80. The van der Waals surface area contributed by atoms with Gasteiger partial charge in [0.05, 0.1) is 24.8 Å². The smallest absolute Gasteiger partial charge is 0.188 e. The van der Waals surface area contributed by atoms with Gasteiger partial charge in [0.2, 0.25) is 0 Å². The number of rotatable bonds is 9. The number of guanidine groups is 1. The quantitative estimate of drug-likeness (QED) is 0.373. The highest BCUT2D eigenvalue weighted by Gasteiger charge is 2.09. The third-order valence-electron chi connectivity index (χ3n) is 4.82. The van der Waals surface area contributed by atoms with Crippen molar-refractivity contribution in [3.63, 3.8) is 0 Å². The van der Waals surface area contributed by atoms with E-state index in [0.29, 0.717) is 29.9 Å². The molecule has 0 amide bonds. The van der Waals surface area contributed by atoms with Crippen molar-refractivity contribution >= 4 is 17.6 Å². The molecule has 0 radical (unpaired) electrons. The SMILES string of the molecule is NC(=NCc1ccccc1COc1ccccc1Cl)NCCCN1CCOCC1. The van der Waals surface area contributed by atoms with Crippen LogP contribution in [0.2, 0.25) is 5.02 Å². The number of morpholine rings is 1. The summed E-state index contributed by atoms with van der Waals surface area (Å²) < 4.78 is 11.2. The highest BCUT2D eigenvalue weighted by molar-refractivity contribution is 6.32. The highest BCUT2D eigenvalue weighted by atomic mass is 35.5. The van der Waals surface area contributed by atoms with Gasteiger partial charge in [0, 0.05) is 19.6 Å². The maximum Gasteiger partial charge on any atom is 0.188 e.